The van der Waals surface area contributed by atoms with Crippen LogP contribution < -0.4 is 0 Å². The number of phosphoric acid groups is 1. The first-order valence-electron chi connectivity index (χ1n) is 7.56. The molecule has 0 aliphatic carbocycles. The van der Waals surface area contributed by atoms with E-state index in [0.717, 1.165) is 0 Å². The number of halogens is 3. The predicted octanol–water partition coefficient (Wildman–Crippen LogP) is 2.22. The first-order valence-corrected chi connectivity index (χ1v) is 9.03. The average Bonchev–Trinajstić information content (AvgIpc) is 2.65. The van der Waals surface area contributed by atoms with E-state index in [1.54, 1.807) is 0 Å². The Kier molecular flexibility index (Phi) is 12.5. The van der Waals surface area contributed by atoms with Crippen molar-refractivity contribution in [1.82, 2.24) is 0 Å². The molecule has 0 amide bonds. The highest BCUT2D eigenvalue weighted by Crippen LogP contribution is 2.49. The summed E-state index contributed by atoms with van der Waals surface area (Å²) in [4.78, 5) is 32.6. The molecule has 0 spiro atoms. The van der Waals surface area contributed by atoms with Crippen molar-refractivity contribution >= 4 is 25.7 Å². The van der Waals surface area contributed by atoms with Crippen LogP contribution in [0, 0.1) is 0 Å². The van der Waals surface area contributed by atoms with E-state index in [2.05, 4.69) is 33.9 Å². The van der Waals surface area contributed by atoms with Crippen molar-refractivity contribution in [3.05, 3.63) is 37.2 Å². The second kappa shape index (κ2) is 13.7. The lowest BCUT2D eigenvalue weighted by atomic mass is 10.6. The van der Waals surface area contributed by atoms with Gasteiger partial charge in [-0.15, -0.1) is 0 Å². The standard InChI is InChI=1S/C15H18F3O10P/c1-10(16)13(19)23-4-7-26-29(22,27-8-5-24-14(20)11(2)17)28-9-6-25-15(21)12(3)18/h1-9H2. The lowest BCUT2D eigenvalue weighted by molar-refractivity contribution is -0.141. The monoisotopic (exact) mass is 446 g/mol. The van der Waals surface area contributed by atoms with E-state index in [4.69, 9.17) is 13.6 Å². The molecule has 0 atom stereocenters. The van der Waals surface area contributed by atoms with Crippen LogP contribution in [0.5, 0.6) is 0 Å². The molecule has 0 aliphatic rings. The third-order valence-corrected chi connectivity index (χ3v) is 3.86. The number of ether oxygens (including phenoxy) is 3. The number of phosphoric ester groups is 1. The van der Waals surface area contributed by atoms with Gasteiger partial charge in [-0.25, -0.2) is 18.9 Å². The Balaban J connectivity index is 4.56. The van der Waals surface area contributed by atoms with Gasteiger partial charge in [0.15, 0.2) is 0 Å². The maximum Gasteiger partial charge on any atom is 0.475 e. The molecule has 0 heterocycles. The summed E-state index contributed by atoms with van der Waals surface area (Å²) in [6.07, 6.45) is 0. The minimum Gasteiger partial charge on any atom is -0.458 e. The minimum absolute atomic E-state index is 0.564. The van der Waals surface area contributed by atoms with Crippen LogP contribution in [0.25, 0.3) is 0 Å². The van der Waals surface area contributed by atoms with Gasteiger partial charge in [-0.05, 0) is 0 Å². The van der Waals surface area contributed by atoms with Crippen molar-refractivity contribution in [3.8, 4) is 0 Å². The first kappa shape index (κ1) is 26.5. The molecule has 0 N–H and O–H groups in total. The second-order valence-corrected chi connectivity index (χ2v) is 6.24. The van der Waals surface area contributed by atoms with Crippen LogP contribution in [0.1, 0.15) is 0 Å². The summed E-state index contributed by atoms with van der Waals surface area (Å²) in [6, 6.07) is 0. The quantitative estimate of drug-likeness (QED) is 0.122. The molecule has 0 rings (SSSR count). The van der Waals surface area contributed by atoms with E-state index in [1.807, 2.05) is 0 Å². The van der Waals surface area contributed by atoms with Gasteiger partial charge in [0.2, 0.25) is 17.5 Å². The number of rotatable bonds is 15. The Morgan fingerprint density at radius 3 is 1.03 bits per heavy atom. The van der Waals surface area contributed by atoms with Gasteiger partial charge < -0.3 is 14.2 Å². The van der Waals surface area contributed by atoms with Gasteiger partial charge in [0.1, 0.15) is 19.8 Å². The molecule has 0 radical (unpaired) electrons. The van der Waals surface area contributed by atoms with Crippen LogP contribution in [0.15, 0.2) is 37.2 Å². The number of esters is 3. The van der Waals surface area contributed by atoms with Crippen molar-refractivity contribution in [1.29, 1.82) is 0 Å². The highest BCUT2D eigenvalue weighted by Gasteiger charge is 2.27. The lowest BCUT2D eigenvalue weighted by Gasteiger charge is -2.18. The molecule has 0 saturated heterocycles. The van der Waals surface area contributed by atoms with E-state index in [9.17, 15) is 32.1 Å². The fourth-order valence-corrected chi connectivity index (χ4v) is 2.32. The van der Waals surface area contributed by atoms with Crippen molar-refractivity contribution in [3.63, 3.8) is 0 Å². The van der Waals surface area contributed by atoms with E-state index in [-0.39, 0.29) is 0 Å². The molecule has 0 aromatic heterocycles. The van der Waals surface area contributed by atoms with Gasteiger partial charge in [-0.1, -0.05) is 19.7 Å². The molecule has 0 fully saturated rings. The normalized spacial score (nSPS) is 10.7. The molecule has 0 aromatic carbocycles. The third-order valence-electron chi connectivity index (χ3n) is 2.36. The number of hydrogen-bond acceptors (Lipinski definition) is 10. The Hall–Kier alpha value is -2.47. The van der Waals surface area contributed by atoms with Crippen LogP contribution in [0.2, 0.25) is 0 Å². The van der Waals surface area contributed by atoms with Gasteiger partial charge in [0.05, 0.1) is 19.8 Å². The second-order valence-electron chi connectivity index (χ2n) is 4.57. The summed E-state index contributed by atoms with van der Waals surface area (Å²) in [5.41, 5.74) is 0. The summed E-state index contributed by atoms with van der Waals surface area (Å²) < 4.78 is 77.2. The smallest absolute Gasteiger partial charge is 0.458 e. The molecule has 10 nitrogen and oxygen atoms in total. The van der Waals surface area contributed by atoms with Gasteiger partial charge >= 0.3 is 25.7 Å². The summed E-state index contributed by atoms with van der Waals surface area (Å²) in [5.74, 6) is -8.22. The molecule has 29 heavy (non-hydrogen) atoms. The summed E-state index contributed by atoms with van der Waals surface area (Å²) in [6.45, 7) is 4.66. The third kappa shape index (κ3) is 12.6. The van der Waals surface area contributed by atoms with Crippen LogP contribution >= 0.6 is 7.82 Å². The molecular formula is C15H18F3O10P. The van der Waals surface area contributed by atoms with Crippen molar-refractivity contribution in [2.75, 3.05) is 39.6 Å². The molecular weight excluding hydrogens is 428 g/mol. The molecule has 0 saturated carbocycles. The Morgan fingerprint density at radius 1 is 0.586 bits per heavy atom. The topological polar surface area (TPSA) is 124 Å². The molecule has 14 heteroatoms. The van der Waals surface area contributed by atoms with Crippen molar-refractivity contribution in [2.24, 2.45) is 0 Å². The molecule has 0 unspecified atom stereocenters. The number of carbonyl (C=O) groups is 3. The minimum atomic E-state index is -4.39. The van der Waals surface area contributed by atoms with E-state index in [0.29, 0.717) is 0 Å². The van der Waals surface area contributed by atoms with Crippen LogP contribution in [0.3, 0.4) is 0 Å². The van der Waals surface area contributed by atoms with Gasteiger partial charge in [-0.2, -0.15) is 13.2 Å². The highest BCUT2D eigenvalue weighted by atomic mass is 31.2. The fourth-order valence-electron chi connectivity index (χ4n) is 1.20. The highest BCUT2D eigenvalue weighted by molar-refractivity contribution is 7.48. The zero-order valence-electron chi connectivity index (χ0n) is 15.0. The summed E-state index contributed by atoms with van der Waals surface area (Å²) >= 11 is 0. The van der Waals surface area contributed by atoms with Gasteiger partial charge in [0.25, 0.3) is 0 Å². The number of carbonyl (C=O) groups excluding carboxylic acids is 3. The van der Waals surface area contributed by atoms with Crippen molar-refractivity contribution in [2.45, 2.75) is 0 Å². The van der Waals surface area contributed by atoms with Crippen LogP contribution in [-0.2, 0) is 46.7 Å². The van der Waals surface area contributed by atoms with Crippen molar-refractivity contribution < 1.29 is 59.9 Å². The van der Waals surface area contributed by atoms with Gasteiger partial charge in [0, 0.05) is 0 Å². The maximum absolute atomic E-state index is 12.4. The molecule has 0 bridgehead atoms. The summed E-state index contributed by atoms with van der Waals surface area (Å²) in [5, 5.41) is 0. The largest absolute Gasteiger partial charge is 0.475 e. The Morgan fingerprint density at radius 2 is 0.828 bits per heavy atom. The van der Waals surface area contributed by atoms with Crippen LogP contribution in [-0.4, -0.2) is 57.5 Å². The lowest BCUT2D eigenvalue weighted by Crippen LogP contribution is -2.15. The molecule has 164 valence electrons. The fraction of sp³-hybridized carbons (Fsp3) is 0.400. The Labute approximate surface area is 163 Å². The predicted molar refractivity (Wildman–Crippen MR) is 89.1 cm³/mol. The summed E-state index contributed by atoms with van der Waals surface area (Å²) in [7, 11) is -4.39. The van der Waals surface area contributed by atoms with E-state index >= 15 is 0 Å². The average molecular weight is 446 g/mol. The maximum atomic E-state index is 12.4. The SMILES string of the molecule is C=C(F)C(=O)OCCOP(=O)(OCCOC(=O)C(=C)F)OCCOC(=O)C(=C)F. The van der Waals surface area contributed by atoms with Crippen LogP contribution in [0.4, 0.5) is 13.2 Å². The number of hydrogen-bond donors (Lipinski definition) is 0. The zero-order valence-corrected chi connectivity index (χ0v) is 15.9. The van der Waals surface area contributed by atoms with E-state index < -0.39 is 82.9 Å². The van der Waals surface area contributed by atoms with E-state index in [1.165, 1.54) is 0 Å². The molecule has 0 aromatic rings. The van der Waals surface area contributed by atoms with Gasteiger partial charge in [-0.3, -0.25) is 13.6 Å². The Bertz CT molecular complexity index is 603. The molecule has 0 aliphatic heterocycles. The first-order chi connectivity index (χ1) is 13.5. The zero-order chi connectivity index (χ0) is 22.4.